The number of carbonyl (C=O) groups excluding carboxylic acids is 1. The lowest BCUT2D eigenvalue weighted by Crippen LogP contribution is -2.38. The Bertz CT molecular complexity index is 309. The molecule has 5 heteroatoms. The van der Waals surface area contributed by atoms with Crippen LogP contribution in [0.4, 0.5) is 0 Å². The molecule has 14 heavy (non-hydrogen) atoms. The van der Waals surface area contributed by atoms with Gasteiger partial charge in [0.15, 0.2) is 0 Å². The second-order valence-electron chi connectivity index (χ2n) is 3.25. The summed E-state index contributed by atoms with van der Waals surface area (Å²) < 4.78 is 5.17. The van der Waals surface area contributed by atoms with Crippen molar-refractivity contribution in [3.63, 3.8) is 0 Å². The van der Waals surface area contributed by atoms with Crippen LogP contribution in [0.25, 0.3) is 0 Å². The summed E-state index contributed by atoms with van der Waals surface area (Å²) in [5, 5.41) is 2.72. The van der Waals surface area contributed by atoms with Crippen LogP contribution in [0.5, 0.6) is 0 Å². The van der Waals surface area contributed by atoms with E-state index < -0.39 is 0 Å². The van der Waals surface area contributed by atoms with E-state index in [4.69, 9.17) is 10.2 Å². The quantitative estimate of drug-likeness (QED) is 0.711. The fraction of sp³-hybridized carbons (Fsp3) is 0.556. The first-order chi connectivity index (χ1) is 6.61. The van der Waals surface area contributed by atoms with E-state index in [0.717, 1.165) is 0 Å². The molecule has 0 saturated heterocycles. The molecule has 1 aromatic rings. The maximum atomic E-state index is 11.3. The lowest BCUT2D eigenvalue weighted by atomic mass is 10.3. The number of nitrogens with one attached hydrogen (secondary N) is 1. The second kappa shape index (κ2) is 4.76. The van der Waals surface area contributed by atoms with Crippen LogP contribution < -0.4 is 11.1 Å². The molecule has 3 N–H and O–H groups in total. The molecule has 0 aromatic carbocycles. The zero-order valence-electron chi connectivity index (χ0n) is 8.41. The molecule has 1 heterocycles. The molecule has 0 aliphatic carbocycles. The van der Waals surface area contributed by atoms with E-state index in [1.54, 1.807) is 13.1 Å². The molecule has 0 spiro atoms. The molecule has 1 atom stereocenters. The Labute approximate surface area is 82.7 Å². The van der Waals surface area contributed by atoms with Crippen LogP contribution in [0.2, 0.25) is 0 Å². The van der Waals surface area contributed by atoms with Crippen molar-refractivity contribution >= 4 is 5.91 Å². The lowest BCUT2D eigenvalue weighted by Gasteiger charge is -2.09. The topological polar surface area (TPSA) is 81.2 Å². The maximum absolute atomic E-state index is 11.3. The van der Waals surface area contributed by atoms with E-state index in [1.165, 1.54) is 0 Å². The molecule has 1 rings (SSSR count). The number of nitrogens with two attached hydrogens (primary N) is 1. The first-order valence-corrected chi connectivity index (χ1v) is 4.52. The number of aromatic nitrogens is 1. The average molecular weight is 197 g/mol. The monoisotopic (exact) mass is 197 g/mol. The third-order valence-corrected chi connectivity index (χ3v) is 1.74. The summed E-state index contributed by atoms with van der Waals surface area (Å²) in [7, 11) is 0. The van der Waals surface area contributed by atoms with Crippen molar-refractivity contribution in [3.8, 4) is 0 Å². The van der Waals surface area contributed by atoms with Gasteiger partial charge in [0, 0.05) is 12.6 Å². The Hall–Kier alpha value is -1.36. The van der Waals surface area contributed by atoms with Crippen LogP contribution in [-0.4, -0.2) is 23.5 Å². The smallest absolute Gasteiger partial charge is 0.229 e. The molecular weight excluding hydrogens is 182 g/mol. The summed E-state index contributed by atoms with van der Waals surface area (Å²) in [6.07, 6.45) is 1.76. The summed E-state index contributed by atoms with van der Waals surface area (Å²) in [6, 6.07) is -0.0152. The Morgan fingerprint density at radius 3 is 3.00 bits per heavy atom. The summed E-state index contributed by atoms with van der Waals surface area (Å²) in [6.45, 7) is 4.06. The predicted molar refractivity (Wildman–Crippen MR) is 51.6 cm³/mol. The van der Waals surface area contributed by atoms with Gasteiger partial charge in [0.1, 0.15) is 12.2 Å². The first-order valence-electron chi connectivity index (χ1n) is 4.52. The molecule has 0 bridgehead atoms. The molecule has 0 fully saturated rings. The van der Waals surface area contributed by atoms with Crippen molar-refractivity contribution < 1.29 is 9.21 Å². The highest BCUT2D eigenvalue weighted by Gasteiger charge is 2.09. The highest BCUT2D eigenvalue weighted by Crippen LogP contribution is 2.01. The molecule has 0 aliphatic rings. The fourth-order valence-corrected chi connectivity index (χ4v) is 1.01. The van der Waals surface area contributed by atoms with Gasteiger partial charge >= 0.3 is 0 Å². The summed E-state index contributed by atoms with van der Waals surface area (Å²) in [5.41, 5.74) is 5.36. The van der Waals surface area contributed by atoms with Crippen molar-refractivity contribution in [2.24, 2.45) is 5.73 Å². The number of hydrogen-bond acceptors (Lipinski definition) is 4. The van der Waals surface area contributed by atoms with Crippen LogP contribution in [0.1, 0.15) is 18.6 Å². The Morgan fingerprint density at radius 2 is 2.50 bits per heavy atom. The molecule has 0 radical (unpaired) electrons. The minimum absolute atomic E-state index is 0.0152. The van der Waals surface area contributed by atoms with E-state index in [2.05, 4.69) is 10.3 Å². The number of carbonyl (C=O) groups is 1. The summed E-state index contributed by atoms with van der Waals surface area (Å²) in [5.74, 6) is 1.02. The normalized spacial score (nSPS) is 12.5. The second-order valence-corrected chi connectivity index (χ2v) is 3.25. The number of rotatable bonds is 4. The number of aryl methyl sites for hydroxylation is 1. The lowest BCUT2D eigenvalue weighted by molar-refractivity contribution is -0.121. The van der Waals surface area contributed by atoms with Crippen molar-refractivity contribution in [2.45, 2.75) is 26.3 Å². The van der Waals surface area contributed by atoms with Gasteiger partial charge in [0.05, 0.1) is 6.20 Å². The highest BCUT2D eigenvalue weighted by atomic mass is 16.4. The number of hydrogen-bond donors (Lipinski definition) is 2. The van der Waals surface area contributed by atoms with E-state index >= 15 is 0 Å². The molecule has 0 saturated carbocycles. The molecule has 1 amide bonds. The van der Waals surface area contributed by atoms with Crippen LogP contribution in [0.15, 0.2) is 10.6 Å². The predicted octanol–water partition coefficient (Wildman–Crippen LogP) is -0.0111. The van der Waals surface area contributed by atoms with Gasteiger partial charge in [-0.25, -0.2) is 4.98 Å². The summed E-state index contributed by atoms with van der Waals surface area (Å²) >= 11 is 0. The van der Waals surface area contributed by atoms with Gasteiger partial charge in [0.25, 0.3) is 0 Å². The zero-order chi connectivity index (χ0) is 10.6. The molecule has 78 valence electrons. The molecule has 1 aromatic heterocycles. The van der Waals surface area contributed by atoms with Crippen LogP contribution in [0.3, 0.4) is 0 Å². The largest absolute Gasteiger partial charge is 0.445 e. The van der Waals surface area contributed by atoms with Gasteiger partial charge in [0.2, 0.25) is 11.8 Å². The molecule has 5 nitrogen and oxygen atoms in total. The Kier molecular flexibility index (Phi) is 3.64. The number of amides is 1. The minimum atomic E-state index is -0.121. The van der Waals surface area contributed by atoms with Crippen molar-refractivity contribution in [3.05, 3.63) is 17.8 Å². The Balaban J connectivity index is 2.41. The van der Waals surface area contributed by atoms with Crippen LogP contribution in [-0.2, 0) is 11.2 Å². The highest BCUT2D eigenvalue weighted by molar-refractivity contribution is 5.77. The van der Waals surface area contributed by atoms with Gasteiger partial charge in [-0.15, -0.1) is 0 Å². The number of oxazole rings is 1. The van der Waals surface area contributed by atoms with Crippen molar-refractivity contribution in [1.29, 1.82) is 0 Å². The molecular formula is C9H15N3O2. The van der Waals surface area contributed by atoms with Gasteiger partial charge in [-0.05, 0) is 13.8 Å². The van der Waals surface area contributed by atoms with Crippen molar-refractivity contribution in [1.82, 2.24) is 10.3 Å². The third-order valence-electron chi connectivity index (χ3n) is 1.74. The van der Waals surface area contributed by atoms with Crippen molar-refractivity contribution in [2.75, 3.05) is 6.54 Å². The van der Waals surface area contributed by atoms with E-state index in [1.807, 2.05) is 6.92 Å². The van der Waals surface area contributed by atoms with E-state index in [9.17, 15) is 4.79 Å². The average Bonchev–Trinajstić information content (AvgIpc) is 2.50. The van der Waals surface area contributed by atoms with E-state index in [-0.39, 0.29) is 18.4 Å². The van der Waals surface area contributed by atoms with Crippen LogP contribution >= 0.6 is 0 Å². The summed E-state index contributed by atoms with van der Waals surface area (Å²) in [4.78, 5) is 15.3. The molecule has 0 aliphatic heterocycles. The van der Waals surface area contributed by atoms with Gasteiger partial charge in [-0.3, -0.25) is 4.79 Å². The standard InChI is InChI=1S/C9H15N3O2/c1-6(4-10)12-8(13)3-9-11-5-7(2)14-9/h5-6H,3-4,10H2,1-2H3,(H,12,13). The van der Waals surface area contributed by atoms with Gasteiger partial charge in [-0.2, -0.15) is 0 Å². The fourth-order valence-electron chi connectivity index (χ4n) is 1.01. The number of nitrogens with zero attached hydrogens (tertiary/aromatic N) is 1. The van der Waals surface area contributed by atoms with Crippen LogP contribution in [0, 0.1) is 6.92 Å². The van der Waals surface area contributed by atoms with E-state index in [0.29, 0.717) is 18.2 Å². The first kappa shape index (κ1) is 10.7. The minimum Gasteiger partial charge on any atom is -0.445 e. The van der Waals surface area contributed by atoms with Gasteiger partial charge in [-0.1, -0.05) is 0 Å². The maximum Gasteiger partial charge on any atom is 0.229 e. The Morgan fingerprint density at radius 1 is 1.79 bits per heavy atom. The SMILES string of the molecule is Cc1cnc(CC(=O)NC(C)CN)o1. The third kappa shape index (κ3) is 3.18. The zero-order valence-corrected chi connectivity index (χ0v) is 8.41. The van der Waals surface area contributed by atoms with Gasteiger partial charge < -0.3 is 15.5 Å². The molecule has 1 unspecified atom stereocenters.